The maximum atomic E-state index is 11.3. The van der Waals surface area contributed by atoms with Gasteiger partial charge in [-0.3, -0.25) is 0 Å². The molecule has 1 unspecified atom stereocenters. The summed E-state index contributed by atoms with van der Waals surface area (Å²) in [6.07, 6.45) is 2.59. The number of ether oxygens (including phenoxy) is 2. The van der Waals surface area contributed by atoms with E-state index in [9.17, 15) is 4.79 Å². The smallest absolute Gasteiger partial charge is 0.347 e. The normalized spacial score (nSPS) is 22.4. The van der Waals surface area contributed by atoms with Crippen LogP contribution < -0.4 is 10.1 Å². The molecular formula is C14H16ClNO3. The average Bonchev–Trinajstić information content (AvgIpc) is 3.14. The first-order valence-corrected chi connectivity index (χ1v) is 6.95. The molecule has 1 atom stereocenters. The van der Waals surface area contributed by atoms with Crippen molar-refractivity contribution in [3.63, 3.8) is 0 Å². The minimum absolute atomic E-state index is 0.310. The van der Waals surface area contributed by atoms with Crippen molar-refractivity contribution in [1.82, 2.24) is 5.32 Å². The zero-order chi connectivity index (χ0) is 13.2. The Bertz CT molecular complexity index is 488. The number of rotatable bonds is 5. The standard InChI is InChI=1S/C14H16ClNO3/c15-11-7-9(8-16-10-2-3-10)1-4-12(11)19-13-5-6-18-14(13)17/h1,4,7,10,13,16H,2-3,5-6,8H2. The van der Waals surface area contributed by atoms with Crippen LogP contribution in [0.1, 0.15) is 24.8 Å². The molecule has 1 aliphatic carbocycles. The van der Waals surface area contributed by atoms with Crippen LogP contribution in [0.5, 0.6) is 5.75 Å². The lowest BCUT2D eigenvalue weighted by Crippen LogP contribution is -2.22. The maximum Gasteiger partial charge on any atom is 0.347 e. The summed E-state index contributed by atoms with van der Waals surface area (Å²) in [6, 6.07) is 6.34. The first kappa shape index (κ1) is 12.8. The molecule has 4 nitrogen and oxygen atoms in total. The van der Waals surface area contributed by atoms with Gasteiger partial charge in [-0.1, -0.05) is 17.7 Å². The van der Waals surface area contributed by atoms with Crippen LogP contribution in [0.25, 0.3) is 0 Å². The van der Waals surface area contributed by atoms with Gasteiger partial charge < -0.3 is 14.8 Å². The number of hydrogen-bond donors (Lipinski definition) is 1. The number of halogens is 1. The van der Waals surface area contributed by atoms with Gasteiger partial charge in [0.05, 0.1) is 11.6 Å². The molecule has 19 heavy (non-hydrogen) atoms. The van der Waals surface area contributed by atoms with E-state index in [4.69, 9.17) is 21.1 Å². The van der Waals surface area contributed by atoms with E-state index in [2.05, 4.69) is 5.32 Å². The van der Waals surface area contributed by atoms with Gasteiger partial charge in [0.2, 0.25) is 0 Å². The molecule has 2 fully saturated rings. The second-order valence-electron chi connectivity index (χ2n) is 4.98. The van der Waals surface area contributed by atoms with Gasteiger partial charge in [-0.2, -0.15) is 0 Å². The number of nitrogens with one attached hydrogen (secondary N) is 1. The zero-order valence-corrected chi connectivity index (χ0v) is 11.3. The summed E-state index contributed by atoms with van der Waals surface area (Å²) in [5, 5.41) is 3.96. The van der Waals surface area contributed by atoms with Crippen molar-refractivity contribution in [2.24, 2.45) is 0 Å². The van der Waals surface area contributed by atoms with Gasteiger partial charge in [0.1, 0.15) is 5.75 Å². The van der Waals surface area contributed by atoms with Crippen molar-refractivity contribution in [2.75, 3.05) is 6.61 Å². The fourth-order valence-electron chi connectivity index (χ4n) is 2.04. The Balaban J connectivity index is 1.63. The monoisotopic (exact) mass is 281 g/mol. The topological polar surface area (TPSA) is 47.6 Å². The van der Waals surface area contributed by atoms with Crippen molar-refractivity contribution in [2.45, 2.75) is 38.0 Å². The molecule has 102 valence electrons. The van der Waals surface area contributed by atoms with Crippen LogP contribution in [0.4, 0.5) is 0 Å². The molecule has 1 aliphatic heterocycles. The summed E-state index contributed by atoms with van der Waals surface area (Å²) in [6.45, 7) is 1.24. The summed E-state index contributed by atoms with van der Waals surface area (Å²) in [5.41, 5.74) is 1.12. The Morgan fingerprint density at radius 1 is 1.37 bits per heavy atom. The van der Waals surface area contributed by atoms with Crippen molar-refractivity contribution in [1.29, 1.82) is 0 Å². The van der Waals surface area contributed by atoms with Crippen LogP contribution in [0.15, 0.2) is 18.2 Å². The first-order valence-electron chi connectivity index (χ1n) is 6.57. The van der Waals surface area contributed by atoms with Crippen molar-refractivity contribution in [3.8, 4) is 5.75 Å². The van der Waals surface area contributed by atoms with Crippen molar-refractivity contribution >= 4 is 17.6 Å². The molecule has 0 spiro atoms. The molecule has 3 rings (SSSR count). The van der Waals surface area contributed by atoms with E-state index in [0.717, 1.165) is 12.1 Å². The predicted octanol–water partition coefficient (Wildman–Crippen LogP) is 2.29. The van der Waals surface area contributed by atoms with Crippen LogP contribution in [-0.2, 0) is 16.1 Å². The van der Waals surface area contributed by atoms with E-state index in [0.29, 0.717) is 29.8 Å². The van der Waals surface area contributed by atoms with E-state index in [1.54, 1.807) is 0 Å². The van der Waals surface area contributed by atoms with Crippen LogP contribution >= 0.6 is 11.6 Å². The second-order valence-corrected chi connectivity index (χ2v) is 5.39. The fraction of sp³-hybridized carbons (Fsp3) is 0.500. The SMILES string of the molecule is O=C1OCCC1Oc1ccc(CNC2CC2)cc1Cl. The number of benzene rings is 1. The highest BCUT2D eigenvalue weighted by molar-refractivity contribution is 6.32. The molecule has 0 aromatic heterocycles. The van der Waals surface area contributed by atoms with Crippen molar-refractivity contribution < 1.29 is 14.3 Å². The van der Waals surface area contributed by atoms with Gasteiger partial charge in [-0.05, 0) is 30.5 Å². The Morgan fingerprint density at radius 2 is 2.21 bits per heavy atom. The maximum absolute atomic E-state index is 11.3. The Labute approximate surface area is 117 Å². The summed E-state index contributed by atoms with van der Waals surface area (Å²) < 4.78 is 10.4. The number of hydrogen-bond acceptors (Lipinski definition) is 4. The Kier molecular flexibility index (Phi) is 3.62. The molecule has 0 radical (unpaired) electrons. The molecule has 1 aromatic carbocycles. The number of carbonyl (C=O) groups is 1. The van der Waals surface area contributed by atoms with E-state index in [-0.39, 0.29) is 5.97 Å². The lowest BCUT2D eigenvalue weighted by atomic mass is 10.2. The highest BCUT2D eigenvalue weighted by Crippen LogP contribution is 2.28. The van der Waals surface area contributed by atoms with E-state index < -0.39 is 6.10 Å². The predicted molar refractivity (Wildman–Crippen MR) is 71.3 cm³/mol. The number of esters is 1. The quantitative estimate of drug-likeness (QED) is 0.841. The largest absolute Gasteiger partial charge is 0.477 e. The Hall–Kier alpha value is -1.26. The summed E-state index contributed by atoms with van der Waals surface area (Å²) in [4.78, 5) is 11.3. The molecule has 1 aromatic rings. The lowest BCUT2D eigenvalue weighted by Gasteiger charge is -2.12. The fourth-order valence-corrected chi connectivity index (χ4v) is 2.28. The third-order valence-corrected chi connectivity index (χ3v) is 3.62. The van der Waals surface area contributed by atoms with E-state index in [1.807, 2.05) is 18.2 Å². The first-order chi connectivity index (χ1) is 9.22. The van der Waals surface area contributed by atoms with Gasteiger partial charge in [0.25, 0.3) is 0 Å². The number of carbonyl (C=O) groups excluding carboxylic acids is 1. The minimum Gasteiger partial charge on any atom is -0.477 e. The molecule has 1 N–H and O–H groups in total. The lowest BCUT2D eigenvalue weighted by molar-refractivity contribution is -0.143. The summed E-state index contributed by atoms with van der Waals surface area (Å²) >= 11 is 6.18. The molecule has 2 aliphatic rings. The van der Waals surface area contributed by atoms with Crippen LogP contribution in [0, 0.1) is 0 Å². The molecule has 0 bridgehead atoms. The number of cyclic esters (lactones) is 1. The van der Waals surface area contributed by atoms with Crippen LogP contribution in [-0.4, -0.2) is 24.7 Å². The molecule has 1 heterocycles. The molecule has 0 amide bonds. The molecular weight excluding hydrogens is 266 g/mol. The molecule has 1 saturated heterocycles. The third kappa shape index (κ3) is 3.19. The van der Waals surface area contributed by atoms with Gasteiger partial charge in [-0.15, -0.1) is 0 Å². The summed E-state index contributed by atoms with van der Waals surface area (Å²) in [5.74, 6) is 0.233. The van der Waals surface area contributed by atoms with Gasteiger partial charge >= 0.3 is 5.97 Å². The molecule has 5 heteroatoms. The molecule has 1 saturated carbocycles. The van der Waals surface area contributed by atoms with E-state index in [1.165, 1.54) is 12.8 Å². The van der Waals surface area contributed by atoms with Gasteiger partial charge in [0, 0.05) is 19.0 Å². The highest BCUT2D eigenvalue weighted by Gasteiger charge is 2.29. The Morgan fingerprint density at radius 3 is 2.84 bits per heavy atom. The summed E-state index contributed by atoms with van der Waals surface area (Å²) in [7, 11) is 0. The minimum atomic E-state index is -0.520. The van der Waals surface area contributed by atoms with Gasteiger partial charge in [-0.25, -0.2) is 4.79 Å². The van der Waals surface area contributed by atoms with Crippen LogP contribution in [0.3, 0.4) is 0 Å². The highest BCUT2D eigenvalue weighted by atomic mass is 35.5. The van der Waals surface area contributed by atoms with Crippen LogP contribution in [0.2, 0.25) is 5.02 Å². The van der Waals surface area contributed by atoms with Gasteiger partial charge in [0.15, 0.2) is 6.10 Å². The third-order valence-electron chi connectivity index (χ3n) is 3.32. The second kappa shape index (κ2) is 5.39. The van der Waals surface area contributed by atoms with Crippen molar-refractivity contribution in [3.05, 3.63) is 28.8 Å². The zero-order valence-electron chi connectivity index (χ0n) is 10.5. The van der Waals surface area contributed by atoms with E-state index >= 15 is 0 Å². The average molecular weight is 282 g/mol.